The van der Waals surface area contributed by atoms with Gasteiger partial charge in [-0.15, -0.1) is 6.58 Å². The Kier molecular flexibility index (Phi) is 12.9. The van der Waals surface area contributed by atoms with Crippen molar-refractivity contribution in [3.05, 3.63) is 48.0 Å². The molecule has 20 heavy (non-hydrogen) atoms. The second kappa shape index (κ2) is 12.5. The molecule has 0 fully saturated rings. The zero-order chi connectivity index (χ0) is 16.1. The van der Waals surface area contributed by atoms with Crippen LogP contribution in [-0.2, 0) is 11.2 Å². The molecule has 1 atom stereocenters. The molecule has 0 radical (unpaired) electrons. The highest BCUT2D eigenvalue weighted by molar-refractivity contribution is 5.75. The summed E-state index contributed by atoms with van der Waals surface area (Å²) >= 11 is 0. The number of hydrogen-bond acceptors (Lipinski definition) is 1. The minimum Gasteiger partial charge on any atom is -0.481 e. The molecule has 0 bridgehead atoms. The highest BCUT2D eigenvalue weighted by Crippen LogP contribution is 2.17. The number of benzene rings is 1. The Morgan fingerprint density at radius 1 is 1.20 bits per heavy atom. The molecule has 114 valence electrons. The number of hydrogen-bond donors (Lipinski definition) is 1. The predicted octanol–water partition coefficient (Wildman–Crippen LogP) is 5.29. The van der Waals surface area contributed by atoms with Crippen LogP contribution in [0.25, 0.3) is 0 Å². The van der Waals surface area contributed by atoms with E-state index in [1.54, 1.807) is 13.0 Å². The van der Waals surface area contributed by atoms with Gasteiger partial charge in [0.1, 0.15) is 0 Å². The summed E-state index contributed by atoms with van der Waals surface area (Å²) in [5.74, 6) is -0.558. The van der Waals surface area contributed by atoms with Crippen molar-refractivity contribution in [3.63, 3.8) is 0 Å². The lowest BCUT2D eigenvalue weighted by Gasteiger charge is -2.09. The monoisotopic (exact) mass is 278 g/mol. The van der Waals surface area contributed by atoms with Crippen LogP contribution in [0.1, 0.15) is 58.6 Å². The molecule has 0 aliphatic carbocycles. The first-order valence-electron chi connectivity index (χ1n) is 7.31. The third kappa shape index (κ3) is 9.37. The maximum Gasteiger partial charge on any atom is 0.310 e. The highest BCUT2D eigenvalue weighted by Gasteiger charge is 2.12. The molecule has 0 saturated heterocycles. The average Bonchev–Trinajstić information content (AvgIpc) is 2.41. The van der Waals surface area contributed by atoms with Crippen molar-refractivity contribution in [2.45, 2.75) is 53.9 Å². The van der Waals surface area contributed by atoms with Crippen molar-refractivity contribution in [2.24, 2.45) is 5.92 Å². The molecule has 1 unspecified atom stereocenters. The van der Waals surface area contributed by atoms with E-state index < -0.39 is 11.9 Å². The maximum absolute atomic E-state index is 10.8. The van der Waals surface area contributed by atoms with Crippen LogP contribution in [0.15, 0.2) is 36.9 Å². The SMILES string of the molecule is C=CC.CC.CC(C)Cc1ccc(C(C)C(=O)O)cc1. The number of allylic oxidation sites excluding steroid dienone is 1. The molecule has 1 aromatic carbocycles. The summed E-state index contributed by atoms with van der Waals surface area (Å²) in [5.41, 5.74) is 2.14. The summed E-state index contributed by atoms with van der Waals surface area (Å²) in [4.78, 5) is 10.8. The standard InChI is InChI=1S/C13H18O2.C3H6.C2H6/c1-9(2)8-11-4-6-12(7-5-11)10(3)13(14)15;1-3-2;1-2/h4-7,9-10H,8H2,1-3H3,(H,14,15);3H,1H2,2H3;1-2H3. The van der Waals surface area contributed by atoms with Gasteiger partial charge in [-0.1, -0.05) is 58.0 Å². The lowest BCUT2D eigenvalue weighted by molar-refractivity contribution is -0.138. The Balaban J connectivity index is 0. The summed E-state index contributed by atoms with van der Waals surface area (Å²) in [6, 6.07) is 7.87. The van der Waals surface area contributed by atoms with E-state index in [2.05, 4.69) is 20.4 Å². The van der Waals surface area contributed by atoms with Crippen LogP contribution in [0.5, 0.6) is 0 Å². The Bertz CT molecular complexity index is 364. The first-order valence-corrected chi connectivity index (χ1v) is 7.31. The molecule has 0 aromatic heterocycles. The van der Waals surface area contributed by atoms with Crippen LogP contribution >= 0.6 is 0 Å². The van der Waals surface area contributed by atoms with E-state index >= 15 is 0 Å². The summed E-state index contributed by atoms with van der Waals surface area (Å²) in [6.45, 7) is 15.3. The van der Waals surface area contributed by atoms with Crippen molar-refractivity contribution < 1.29 is 9.90 Å². The van der Waals surface area contributed by atoms with Gasteiger partial charge in [-0.3, -0.25) is 4.79 Å². The van der Waals surface area contributed by atoms with Gasteiger partial charge >= 0.3 is 5.97 Å². The fourth-order valence-electron chi connectivity index (χ4n) is 1.56. The van der Waals surface area contributed by atoms with Crippen molar-refractivity contribution in [1.29, 1.82) is 0 Å². The van der Waals surface area contributed by atoms with E-state index in [-0.39, 0.29) is 0 Å². The topological polar surface area (TPSA) is 37.3 Å². The minimum atomic E-state index is -0.772. The van der Waals surface area contributed by atoms with Crippen LogP contribution in [-0.4, -0.2) is 11.1 Å². The molecular weight excluding hydrogens is 248 g/mol. The molecule has 0 saturated carbocycles. The molecule has 2 nitrogen and oxygen atoms in total. The molecular formula is C18H30O2. The first-order chi connectivity index (χ1) is 9.42. The van der Waals surface area contributed by atoms with Gasteiger partial charge < -0.3 is 5.11 Å². The lowest BCUT2D eigenvalue weighted by Crippen LogP contribution is -2.07. The van der Waals surface area contributed by atoms with Crippen LogP contribution in [0.4, 0.5) is 0 Å². The predicted molar refractivity (Wildman–Crippen MR) is 88.3 cm³/mol. The number of carboxylic acid groups (broad SMARTS) is 1. The maximum atomic E-state index is 10.8. The zero-order valence-corrected chi connectivity index (χ0v) is 13.8. The molecule has 0 aliphatic rings. The summed E-state index contributed by atoms with van der Waals surface area (Å²) in [7, 11) is 0. The summed E-state index contributed by atoms with van der Waals surface area (Å²) in [6.07, 6.45) is 2.79. The third-order valence-electron chi connectivity index (χ3n) is 2.49. The third-order valence-corrected chi connectivity index (χ3v) is 2.49. The van der Waals surface area contributed by atoms with Crippen LogP contribution < -0.4 is 0 Å². The van der Waals surface area contributed by atoms with Crippen LogP contribution in [0.3, 0.4) is 0 Å². The van der Waals surface area contributed by atoms with E-state index in [0.29, 0.717) is 5.92 Å². The van der Waals surface area contributed by atoms with E-state index in [4.69, 9.17) is 5.11 Å². The van der Waals surface area contributed by atoms with Gasteiger partial charge in [-0.05, 0) is 37.3 Å². The molecule has 1 rings (SSSR count). The molecule has 0 heterocycles. The van der Waals surface area contributed by atoms with Crippen molar-refractivity contribution >= 4 is 5.97 Å². The van der Waals surface area contributed by atoms with Gasteiger partial charge in [0.2, 0.25) is 0 Å². The van der Waals surface area contributed by atoms with Gasteiger partial charge in [-0.25, -0.2) is 0 Å². The number of aliphatic carboxylic acids is 1. The number of rotatable bonds is 4. The van der Waals surface area contributed by atoms with E-state index in [1.165, 1.54) is 5.56 Å². The van der Waals surface area contributed by atoms with Gasteiger partial charge in [0, 0.05) is 0 Å². The smallest absolute Gasteiger partial charge is 0.310 e. The van der Waals surface area contributed by atoms with Crippen LogP contribution in [0, 0.1) is 5.92 Å². The summed E-state index contributed by atoms with van der Waals surface area (Å²) < 4.78 is 0. The Hall–Kier alpha value is -1.57. The van der Waals surface area contributed by atoms with Gasteiger partial charge in [0.25, 0.3) is 0 Å². The Labute approximate surface area is 124 Å². The van der Waals surface area contributed by atoms with Crippen molar-refractivity contribution in [2.75, 3.05) is 0 Å². The number of carbonyl (C=O) groups is 1. The normalized spacial score (nSPS) is 10.6. The molecule has 2 heteroatoms. The highest BCUT2D eigenvalue weighted by atomic mass is 16.4. The number of carboxylic acids is 1. The molecule has 1 aromatic rings. The minimum absolute atomic E-state index is 0.418. The summed E-state index contributed by atoms with van der Waals surface area (Å²) in [5, 5.41) is 8.85. The second-order valence-corrected chi connectivity index (χ2v) is 4.81. The van der Waals surface area contributed by atoms with E-state index in [1.807, 2.05) is 45.0 Å². The molecule has 0 amide bonds. The lowest BCUT2D eigenvalue weighted by atomic mass is 9.97. The quantitative estimate of drug-likeness (QED) is 0.760. The van der Waals surface area contributed by atoms with Gasteiger partial charge in [-0.2, -0.15) is 0 Å². The van der Waals surface area contributed by atoms with Crippen molar-refractivity contribution in [1.82, 2.24) is 0 Å². The molecule has 0 spiro atoms. The fraction of sp³-hybridized carbons (Fsp3) is 0.500. The van der Waals surface area contributed by atoms with E-state index in [9.17, 15) is 4.79 Å². The molecule has 0 aliphatic heterocycles. The molecule has 1 N–H and O–H groups in total. The largest absolute Gasteiger partial charge is 0.481 e. The van der Waals surface area contributed by atoms with Gasteiger partial charge in [0.05, 0.1) is 5.92 Å². The Morgan fingerprint density at radius 3 is 1.90 bits per heavy atom. The fourth-order valence-corrected chi connectivity index (χ4v) is 1.56. The Morgan fingerprint density at radius 2 is 1.60 bits per heavy atom. The van der Waals surface area contributed by atoms with Crippen molar-refractivity contribution in [3.8, 4) is 0 Å². The van der Waals surface area contributed by atoms with Gasteiger partial charge in [0.15, 0.2) is 0 Å². The van der Waals surface area contributed by atoms with Crippen LogP contribution in [0.2, 0.25) is 0 Å². The first kappa shape index (κ1) is 20.7. The average molecular weight is 278 g/mol. The zero-order valence-electron chi connectivity index (χ0n) is 13.8. The second-order valence-electron chi connectivity index (χ2n) is 4.81. The van der Waals surface area contributed by atoms with E-state index in [0.717, 1.165) is 12.0 Å².